The molecule has 0 radical (unpaired) electrons. The van der Waals surface area contributed by atoms with E-state index in [1.807, 2.05) is 19.3 Å². The molecule has 1 aromatic carbocycles. The Morgan fingerprint density at radius 2 is 2.09 bits per heavy atom. The summed E-state index contributed by atoms with van der Waals surface area (Å²) in [6, 6.07) is 8.97. The van der Waals surface area contributed by atoms with Crippen molar-refractivity contribution >= 4 is 18.1 Å². The lowest BCUT2D eigenvalue weighted by atomic mass is 9.88. The fraction of sp³-hybridized carbons (Fsp3) is 0.412. The Bertz CT molecular complexity index is 732. The number of carbonyl (C=O) groups is 1. The summed E-state index contributed by atoms with van der Waals surface area (Å²) in [5.41, 5.74) is 5.69. The van der Waals surface area contributed by atoms with Gasteiger partial charge in [-0.2, -0.15) is 0 Å². The zero-order valence-electron chi connectivity index (χ0n) is 12.8. The SMILES string of the molecule is CCCC(=O)Nn1ccn(C2CCc3ccccc3C2)c1=S. The maximum Gasteiger partial charge on any atom is 0.238 e. The van der Waals surface area contributed by atoms with Gasteiger partial charge in [-0.05, 0) is 49.0 Å². The molecule has 1 atom stereocenters. The Balaban J connectivity index is 1.78. The van der Waals surface area contributed by atoms with Crippen molar-refractivity contribution < 1.29 is 4.79 Å². The van der Waals surface area contributed by atoms with Gasteiger partial charge in [-0.25, -0.2) is 4.68 Å². The first kappa shape index (κ1) is 15.0. The first-order valence-corrected chi connectivity index (χ1v) is 8.26. The van der Waals surface area contributed by atoms with E-state index < -0.39 is 0 Å². The van der Waals surface area contributed by atoms with E-state index in [1.165, 1.54) is 11.1 Å². The second-order valence-electron chi connectivity index (χ2n) is 5.81. The van der Waals surface area contributed by atoms with Crippen molar-refractivity contribution in [2.45, 2.75) is 45.1 Å². The molecular weight excluding hydrogens is 294 g/mol. The van der Waals surface area contributed by atoms with Gasteiger partial charge in [0.15, 0.2) is 4.77 Å². The molecule has 0 fully saturated rings. The number of benzene rings is 1. The molecule has 5 heteroatoms. The van der Waals surface area contributed by atoms with E-state index in [0.29, 0.717) is 17.2 Å². The van der Waals surface area contributed by atoms with Gasteiger partial charge in [-0.3, -0.25) is 10.2 Å². The number of rotatable bonds is 4. The number of imidazole rings is 1. The molecule has 1 aromatic heterocycles. The Hall–Kier alpha value is -1.88. The van der Waals surface area contributed by atoms with Gasteiger partial charge in [0.05, 0.1) is 0 Å². The fourth-order valence-corrected chi connectivity index (χ4v) is 3.40. The number of hydrogen-bond donors (Lipinski definition) is 1. The number of aryl methyl sites for hydroxylation is 1. The van der Waals surface area contributed by atoms with Crippen molar-refractivity contribution in [1.29, 1.82) is 0 Å². The Kier molecular flexibility index (Phi) is 4.43. The van der Waals surface area contributed by atoms with Gasteiger partial charge < -0.3 is 4.57 Å². The highest BCUT2D eigenvalue weighted by molar-refractivity contribution is 7.71. The minimum atomic E-state index is 0.00494. The van der Waals surface area contributed by atoms with Crippen LogP contribution in [0.25, 0.3) is 0 Å². The van der Waals surface area contributed by atoms with Crippen LogP contribution in [0.2, 0.25) is 0 Å². The van der Waals surface area contributed by atoms with E-state index in [2.05, 4.69) is 34.3 Å². The van der Waals surface area contributed by atoms with Crippen LogP contribution in [0.4, 0.5) is 0 Å². The third-order valence-electron chi connectivity index (χ3n) is 4.24. The molecule has 2 aromatic rings. The molecule has 1 amide bonds. The smallest absolute Gasteiger partial charge is 0.238 e. The normalized spacial score (nSPS) is 17.0. The highest BCUT2D eigenvalue weighted by Crippen LogP contribution is 2.29. The van der Waals surface area contributed by atoms with E-state index >= 15 is 0 Å². The summed E-state index contributed by atoms with van der Waals surface area (Å²) in [4.78, 5) is 11.7. The van der Waals surface area contributed by atoms with Gasteiger partial charge in [0.2, 0.25) is 5.91 Å². The standard InChI is InChI=1S/C17H21N3OS/c1-2-5-16(21)18-20-11-10-19(17(20)22)15-9-8-13-6-3-4-7-14(13)12-15/h3-4,6-7,10-11,15H,2,5,8-9,12H2,1H3,(H,18,21). The highest BCUT2D eigenvalue weighted by atomic mass is 32.1. The van der Waals surface area contributed by atoms with Crippen LogP contribution in [0.5, 0.6) is 0 Å². The average molecular weight is 315 g/mol. The monoisotopic (exact) mass is 315 g/mol. The predicted molar refractivity (Wildman–Crippen MR) is 90.0 cm³/mol. The minimum absolute atomic E-state index is 0.00494. The van der Waals surface area contributed by atoms with Crippen molar-refractivity contribution in [1.82, 2.24) is 9.24 Å². The lowest BCUT2D eigenvalue weighted by Crippen LogP contribution is -2.23. The van der Waals surface area contributed by atoms with Gasteiger partial charge in [0, 0.05) is 24.9 Å². The van der Waals surface area contributed by atoms with Crippen molar-refractivity contribution in [2.24, 2.45) is 0 Å². The van der Waals surface area contributed by atoms with Crippen LogP contribution in [0.1, 0.15) is 43.4 Å². The molecule has 0 saturated carbocycles. The maximum atomic E-state index is 11.7. The van der Waals surface area contributed by atoms with Crippen molar-refractivity contribution in [2.75, 3.05) is 5.43 Å². The third kappa shape index (κ3) is 2.99. The second kappa shape index (κ2) is 6.48. The largest absolute Gasteiger partial charge is 0.319 e. The van der Waals surface area contributed by atoms with Crippen LogP contribution in [0.3, 0.4) is 0 Å². The van der Waals surface area contributed by atoms with E-state index in [9.17, 15) is 4.79 Å². The number of aromatic nitrogens is 2. The van der Waals surface area contributed by atoms with Gasteiger partial charge in [-0.1, -0.05) is 31.2 Å². The molecule has 4 nitrogen and oxygen atoms in total. The zero-order valence-corrected chi connectivity index (χ0v) is 13.6. The Morgan fingerprint density at radius 1 is 1.32 bits per heavy atom. The molecule has 0 spiro atoms. The molecule has 0 aliphatic heterocycles. The summed E-state index contributed by atoms with van der Waals surface area (Å²) in [7, 11) is 0. The zero-order chi connectivity index (χ0) is 15.5. The fourth-order valence-electron chi connectivity index (χ4n) is 3.09. The van der Waals surface area contributed by atoms with E-state index in [1.54, 1.807) is 4.68 Å². The molecule has 0 saturated heterocycles. The molecular formula is C17H21N3OS. The Morgan fingerprint density at radius 3 is 2.86 bits per heavy atom. The first-order valence-electron chi connectivity index (χ1n) is 7.85. The second-order valence-corrected chi connectivity index (χ2v) is 6.17. The first-order chi connectivity index (χ1) is 10.7. The third-order valence-corrected chi connectivity index (χ3v) is 4.65. The van der Waals surface area contributed by atoms with Gasteiger partial charge in [-0.15, -0.1) is 0 Å². The number of amides is 1. The number of hydrogen-bond acceptors (Lipinski definition) is 2. The lowest BCUT2D eigenvalue weighted by molar-refractivity contribution is -0.117. The van der Waals surface area contributed by atoms with Crippen molar-refractivity contribution in [3.63, 3.8) is 0 Å². The summed E-state index contributed by atoms with van der Waals surface area (Å²) in [6.07, 6.45) is 8.33. The van der Waals surface area contributed by atoms with E-state index in [4.69, 9.17) is 12.2 Å². The average Bonchev–Trinajstić information content (AvgIpc) is 2.88. The number of nitrogens with zero attached hydrogens (tertiary/aromatic N) is 2. The molecule has 1 aliphatic rings. The van der Waals surface area contributed by atoms with Crippen LogP contribution >= 0.6 is 12.2 Å². The number of fused-ring (bicyclic) bond motifs is 1. The molecule has 1 unspecified atom stereocenters. The summed E-state index contributed by atoms with van der Waals surface area (Å²) < 4.78 is 4.43. The van der Waals surface area contributed by atoms with Crippen LogP contribution in [-0.4, -0.2) is 15.2 Å². The van der Waals surface area contributed by atoms with Crippen LogP contribution in [0.15, 0.2) is 36.7 Å². The summed E-state index contributed by atoms with van der Waals surface area (Å²) in [5, 5.41) is 0. The number of nitrogens with one attached hydrogen (secondary N) is 1. The Labute approximate surface area is 135 Å². The van der Waals surface area contributed by atoms with Crippen LogP contribution in [0, 0.1) is 4.77 Å². The van der Waals surface area contributed by atoms with E-state index in [0.717, 1.165) is 25.7 Å². The topological polar surface area (TPSA) is 39.0 Å². The number of carbonyl (C=O) groups excluding carboxylic acids is 1. The molecule has 1 N–H and O–H groups in total. The van der Waals surface area contributed by atoms with Crippen LogP contribution < -0.4 is 5.43 Å². The molecule has 1 aliphatic carbocycles. The summed E-state index contributed by atoms with van der Waals surface area (Å²) in [6.45, 7) is 1.99. The predicted octanol–water partition coefficient (Wildman–Crippen LogP) is 3.62. The molecule has 1 heterocycles. The van der Waals surface area contributed by atoms with Crippen molar-refractivity contribution in [3.8, 4) is 0 Å². The maximum absolute atomic E-state index is 11.7. The van der Waals surface area contributed by atoms with Crippen molar-refractivity contribution in [3.05, 3.63) is 52.6 Å². The molecule has 0 bridgehead atoms. The molecule has 3 rings (SSSR count). The lowest BCUT2D eigenvalue weighted by Gasteiger charge is -2.25. The summed E-state index contributed by atoms with van der Waals surface area (Å²) in [5.74, 6) is 0.00494. The minimum Gasteiger partial charge on any atom is -0.319 e. The van der Waals surface area contributed by atoms with Gasteiger partial charge >= 0.3 is 0 Å². The molecule has 22 heavy (non-hydrogen) atoms. The quantitative estimate of drug-likeness (QED) is 0.875. The highest BCUT2D eigenvalue weighted by Gasteiger charge is 2.20. The summed E-state index contributed by atoms with van der Waals surface area (Å²) >= 11 is 5.52. The van der Waals surface area contributed by atoms with Crippen LogP contribution in [-0.2, 0) is 17.6 Å². The van der Waals surface area contributed by atoms with Gasteiger partial charge in [0.1, 0.15) is 0 Å². The van der Waals surface area contributed by atoms with Gasteiger partial charge in [0.25, 0.3) is 0 Å². The van der Waals surface area contributed by atoms with E-state index in [-0.39, 0.29) is 5.91 Å². The molecule has 116 valence electrons.